The van der Waals surface area contributed by atoms with Gasteiger partial charge in [0.15, 0.2) is 0 Å². The van der Waals surface area contributed by atoms with E-state index >= 15 is 0 Å². The van der Waals surface area contributed by atoms with Crippen LogP contribution < -0.4 is 16.2 Å². The fourth-order valence-corrected chi connectivity index (χ4v) is 2.28. The first-order valence-corrected chi connectivity index (χ1v) is 6.94. The second-order valence-corrected chi connectivity index (χ2v) is 5.64. The second kappa shape index (κ2) is 5.94. The monoisotopic (exact) mass is 271 g/mol. The van der Waals surface area contributed by atoms with Gasteiger partial charge in [0.25, 0.3) is 10.0 Å². The zero-order chi connectivity index (χ0) is 13.8. The SMILES string of the molecule is CC(CN)C(=O)NS(=O)(=O)c1ccc(CN)cc1. The summed E-state index contributed by atoms with van der Waals surface area (Å²) in [7, 11) is -3.84. The Bertz CT molecular complexity index is 511. The average molecular weight is 271 g/mol. The number of nitrogens with one attached hydrogen (secondary N) is 1. The predicted octanol–water partition coefficient (Wildman–Crippen LogP) is -0.455. The van der Waals surface area contributed by atoms with E-state index in [-0.39, 0.29) is 11.4 Å². The molecule has 7 heteroatoms. The normalized spacial score (nSPS) is 13.1. The van der Waals surface area contributed by atoms with E-state index in [1.54, 1.807) is 19.1 Å². The molecule has 1 aromatic carbocycles. The lowest BCUT2D eigenvalue weighted by Gasteiger charge is -2.10. The molecule has 0 saturated carbocycles. The number of nitrogens with two attached hydrogens (primary N) is 2. The van der Waals surface area contributed by atoms with E-state index in [2.05, 4.69) is 0 Å². The first-order valence-electron chi connectivity index (χ1n) is 5.46. The van der Waals surface area contributed by atoms with Gasteiger partial charge >= 0.3 is 0 Å². The van der Waals surface area contributed by atoms with Crippen molar-refractivity contribution < 1.29 is 13.2 Å². The van der Waals surface area contributed by atoms with Gasteiger partial charge in [-0.3, -0.25) is 4.79 Å². The molecule has 6 nitrogen and oxygen atoms in total. The lowest BCUT2D eigenvalue weighted by atomic mass is 10.2. The summed E-state index contributed by atoms with van der Waals surface area (Å²) in [4.78, 5) is 11.5. The molecule has 1 amide bonds. The van der Waals surface area contributed by atoms with Gasteiger partial charge < -0.3 is 11.5 Å². The van der Waals surface area contributed by atoms with E-state index in [0.717, 1.165) is 5.56 Å². The van der Waals surface area contributed by atoms with Gasteiger partial charge in [-0.15, -0.1) is 0 Å². The molecule has 100 valence electrons. The molecule has 0 aliphatic carbocycles. The van der Waals surface area contributed by atoms with Crippen LogP contribution in [-0.2, 0) is 21.4 Å². The van der Waals surface area contributed by atoms with Crippen LogP contribution >= 0.6 is 0 Å². The number of carbonyl (C=O) groups is 1. The number of hydrogen-bond donors (Lipinski definition) is 3. The maximum absolute atomic E-state index is 11.9. The summed E-state index contributed by atoms with van der Waals surface area (Å²) in [5, 5.41) is 0. The highest BCUT2D eigenvalue weighted by Gasteiger charge is 2.20. The number of carbonyl (C=O) groups excluding carboxylic acids is 1. The number of sulfonamides is 1. The van der Waals surface area contributed by atoms with Gasteiger partial charge in [0.05, 0.1) is 4.90 Å². The molecule has 0 bridgehead atoms. The first kappa shape index (κ1) is 14.6. The van der Waals surface area contributed by atoms with Gasteiger partial charge in [0.1, 0.15) is 0 Å². The maximum Gasteiger partial charge on any atom is 0.264 e. The third-order valence-corrected chi connectivity index (χ3v) is 3.87. The van der Waals surface area contributed by atoms with Crippen LogP contribution in [0.5, 0.6) is 0 Å². The molecule has 0 radical (unpaired) electrons. The van der Waals surface area contributed by atoms with Gasteiger partial charge in [-0.1, -0.05) is 19.1 Å². The van der Waals surface area contributed by atoms with Crippen LogP contribution in [0.1, 0.15) is 12.5 Å². The lowest BCUT2D eigenvalue weighted by molar-refractivity contribution is -0.122. The highest BCUT2D eigenvalue weighted by Crippen LogP contribution is 2.10. The largest absolute Gasteiger partial charge is 0.330 e. The van der Waals surface area contributed by atoms with Crippen LogP contribution in [0.2, 0.25) is 0 Å². The second-order valence-electron chi connectivity index (χ2n) is 3.95. The summed E-state index contributed by atoms with van der Waals surface area (Å²) in [5.41, 5.74) is 11.5. The molecule has 1 aromatic rings. The zero-order valence-corrected chi connectivity index (χ0v) is 10.9. The van der Waals surface area contributed by atoms with Gasteiger partial charge in [-0.25, -0.2) is 13.1 Å². The third kappa shape index (κ3) is 3.52. The standard InChI is InChI=1S/C11H17N3O3S/c1-8(6-12)11(15)14-18(16,17)10-4-2-9(7-13)3-5-10/h2-5,8H,6-7,12-13H2,1H3,(H,14,15). The Labute approximate surface area is 106 Å². The smallest absolute Gasteiger partial charge is 0.264 e. The third-order valence-electron chi connectivity index (χ3n) is 2.51. The van der Waals surface area contributed by atoms with Crippen molar-refractivity contribution in [3.05, 3.63) is 29.8 Å². The molecule has 0 aliphatic rings. The van der Waals surface area contributed by atoms with Gasteiger partial charge in [0, 0.05) is 19.0 Å². The Kier molecular flexibility index (Phi) is 4.83. The molecular formula is C11H17N3O3S. The maximum atomic E-state index is 11.9. The molecular weight excluding hydrogens is 254 g/mol. The summed E-state index contributed by atoms with van der Waals surface area (Å²) >= 11 is 0. The van der Waals surface area contributed by atoms with E-state index < -0.39 is 21.8 Å². The molecule has 0 aromatic heterocycles. The number of hydrogen-bond acceptors (Lipinski definition) is 5. The minimum absolute atomic E-state index is 0.0253. The van der Waals surface area contributed by atoms with E-state index in [1.165, 1.54) is 12.1 Å². The van der Waals surface area contributed by atoms with Crippen molar-refractivity contribution >= 4 is 15.9 Å². The fourth-order valence-electron chi connectivity index (χ4n) is 1.20. The van der Waals surface area contributed by atoms with Gasteiger partial charge in [-0.2, -0.15) is 0 Å². The van der Waals surface area contributed by atoms with Crippen molar-refractivity contribution in [1.82, 2.24) is 4.72 Å². The van der Waals surface area contributed by atoms with E-state index in [1.807, 2.05) is 4.72 Å². The van der Waals surface area contributed by atoms with Crippen LogP contribution in [0.25, 0.3) is 0 Å². The number of amides is 1. The molecule has 1 unspecified atom stereocenters. The summed E-state index contributed by atoms with van der Waals surface area (Å²) in [6.07, 6.45) is 0. The Hall–Kier alpha value is -1.44. The molecule has 1 atom stereocenters. The summed E-state index contributed by atoms with van der Waals surface area (Å²) < 4.78 is 25.7. The quantitative estimate of drug-likeness (QED) is 0.670. The van der Waals surface area contributed by atoms with Crippen LogP contribution in [0, 0.1) is 5.92 Å². The lowest BCUT2D eigenvalue weighted by Crippen LogP contribution is -2.37. The van der Waals surface area contributed by atoms with Crippen molar-refractivity contribution in [3.63, 3.8) is 0 Å². The van der Waals surface area contributed by atoms with Gasteiger partial charge in [-0.05, 0) is 17.7 Å². The van der Waals surface area contributed by atoms with Crippen LogP contribution in [-0.4, -0.2) is 20.9 Å². The Morgan fingerprint density at radius 3 is 2.28 bits per heavy atom. The van der Waals surface area contributed by atoms with Crippen molar-refractivity contribution in [2.45, 2.75) is 18.4 Å². The fraction of sp³-hybridized carbons (Fsp3) is 0.364. The Balaban J connectivity index is 2.89. The van der Waals surface area contributed by atoms with E-state index in [0.29, 0.717) is 6.54 Å². The minimum atomic E-state index is -3.84. The summed E-state index contributed by atoms with van der Waals surface area (Å²) in [6.45, 7) is 1.98. The van der Waals surface area contributed by atoms with Crippen LogP contribution in [0.15, 0.2) is 29.2 Å². The molecule has 0 aliphatic heterocycles. The van der Waals surface area contributed by atoms with E-state index in [9.17, 15) is 13.2 Å². The van der Waals surface area contributed by atoms with E-state index in [4.69, 9.17) is 11.5 Å². The zero-order valence-electron chi connectivity index (χ0n) is 10.1. The van der Waals surface area contributed by atoms with Crippen LogP contribution in [0.4, 0.5) is 0 Å². The molecule has 0 fully saturated rings. The number of benzene rings is 1. The average Bonchev–Trinajstić information content (AvgIpc) is 2.37. The highest BCUT2D eigenvalue weighted by atomic mass is 32.2. The Morgan fingerprint density at radius 1 is 1.28 bits per heavy atom. The predicted molar refractivity (Wildman–Crippen MR) is 67.9 cm³/mol. The van der Waals surface area contributed by atoms with Crippen molar-refractivity contribution in [2.75, 3.05) is 6.54 Å². The summed E-state index contributed by atoms with van der Waals surface area (Å²) in [6, 6.07) is 6.02. The molecule has 0 heterocycles. The minimum Gasteiger partial charge on any atom is -0.330 e. The van der Waals surface area contributed by atoms with Gasteiger partial charge in [0.2, 0.25) is 5.91 Å². The topological polar surface area (TPSA) is 115 Å². The van der Waals surface area contributed by atoms with Crippen molar-refractivity contribution in [3.8, 4) is 0 Å². The number of rotatable bonds is 5. The summed E-state index contributed by atoms with van der Waals surface area (Å²) in [5.74, 6) is -1.16. The van der Waals surface area contributed by atoms with Crippen molar-refractivity contribution in [2.24, 2.45) is 17.4 Å². The first-order chi connectivity index (χ1) is 8.40. The molecule has 1 rings (SSSR count). The van der Waals surface area contributed by atoms with Crippen LogP contribution in [0.3, 0.4) is 0 Å². The highest BCUT2D eigenvalue weighted by molar-refractivity contribution is 7.90. The molecule has 0 saturated heterocycles. The molecule has 5 N–H and O–H groups in total. The van der Waals surface area contributed by atoms with Crippen molar-refractivity contribution in [1.29, 1.82) is 0 Å². The molecule has 0 spiro atoms. The Morgan fingerprint density at radius 2 is 1.83 bits per heavy atom. The molecule has 18 heavy (non-hydrogen) atoms.